The van der Waals surface area contributed by atoms with E-state index in [0.29, 0.717) is 13.8 Å². The molecule has 386 valence electrons. The van der Waals surface area contributed by atoms with Crippen molar-refractivity contribution in [3.8, 4) is 0 Å². The van der Waals surface area contributed by atoms with E-state index in [2.05, 4.69) is 195 Å². The average molecular weight is 1220 g/mol. The smallest absolute Gasteiger partial charge is 0.374 e. The van der Waals surface area contributed by atoms with Crippen molar-refractivity contribution in [2.75, 3.05) is 0 Å². The van der Waals surface area contributed by atoms with Crippen molar-refractivity contribution in [1.82, 2.24) is 28.7 Å². The molecule has 0 spiro atoms. The third-order valence-corrected chi connectivity index (χ3v) is 15.6. The lowest BCUT2D eigenvalue weighted by Crippen LogP contribution is -3.61. The van der Waals surface area contributed by atoms with E-state index >= 15 is 0 Å². The Morgan fingerprint density at radius 2 is 0.625 bits per heavy atom. The van der Waals surface area contributed by atoms with Crippen LogP contribution in [0.2, 0.25) is 0 Å². The molecular formula is C56H68F4I2N6O4+2. The number of hydrogen-bond acceptors (Lipinski definition) is 6. The molecule has 0 aliphatic carbocycles. The fourth-order valence-electron chi connectivity index (χ4n) is 5.79. The summed E-state index contributed by atoms with van der Waals surface area (Å²) in [5.74, 6) is -10.3. The van der Waals surface area contributed by atoms with Crippen molar-refractivity contribution in [2.45, 2.75) is 130 Å². The highest BCUT2D eigenvalue weighted by Crippen LogP contribution is 2.24. The van der Waals surface area contributed by atoms with Gasteiger partial charge in [0.25, 0.3) is 0 Å². The van der Waals surface area contributed by atoms with E-state index in [1.807, 2.05) is 0 Å². The lowest BCUT2D eigenvalue weighted by Gasteiger charge is -2.18. The fraction of sp³-hybridized carbons (Fsp3) is 0.357. The maximum absolute atomic E-state index is 12.3. The molecule has 0 aliphatic rings. The van der Waals surface area contributed by atoms with E-state index < -0.39 is 23.7 Å². The molecule has 10 nitrogen and oxygen atoms in total. The number of benzene rings is 4. The topological polar surface area (TPSA) is 125 Å². The average Bonchev–Trinajstić information content (AvgIpc) is 4.12. The van der Waals surface area contributed by atoms with Crippen LogP contribution in [-0.2, 0) is 26.5 Å². The third-order valence-electron chi connectivity index (χ3n) is 10.2. The van der Waals surface area contributed by atoms with E-state index in [0.717, 1.165) is 10.9 Å². The van der Waals surface area contributed by atoms with Gasteiger partial charge < -0.3 is 5.11 Å². The van der Waals surface area contributed by atoms with Gasteiger partial charge in [-0.2, -0.15) is 17.6 Å². The summed E-state index contributed by atoms with van der Waals surface area (Å²) in [5.41, 5.74) is 6.63. The van der Waals surface area contributed by atoms with Crippen molar-refractivity contribution in [2.24, 2.45) is 0 Å². The molecule has 0 saturated heterocycles. The van der Waals surface area contributed by atoms with Crippen LogP contribution < -0.4 is 42.4 Å². The van der Waals surface area contributed by atoms with Crippen molar-refractivity contribution < 1.29 is 79.5 Å². The normalized spacial score (nSPS) is 11.8. The second-order valence-electron chi connectivity index (χ2n) is 20.8. The van der Waals surface area contributed by atoms with Crippen LogP contribution in [-0.4, -0.2) is 63.5 Å². The molecule has 0 amide bonds. The van der Waals surface area contributed by atoms with Crippen LogP contribution in [0.4, 0.5) is 22.4 Å². The van der Waals surface area contributed by atoms with Crippen LogP contribution in [0.25, 0.3) is 0 Å². The maximum Gasteiger partial charge on any atom is 0.374 e. The molecule has 0 saturated carbocycles. The predicted molar refractivity (Wildman–Crippen MR) is 268 cm³/mol. The molecule has 0 radical (unpaired) electrons. The minimum absolute atomic E-state index is 0.0703. The Labute approximate surface area is 443 Å². The van der Waals surface area contributed by atoms with Crippen molar-refractivity contribution in [3.05, 3.63) is 190 Å². The summed E-state index contributed by atoms with van der Waals surface area (Å²) in [7, 11) is 0. The Morgan fingerprint density at radius 1 is 0.403 bits per heavy atom. The molecule has 3 heterocycles. The first-order valence-electron chi connectivity index (χ1n) is 22.9. The number of carbonyl (C=O) groups excluding carboxylic acids is 2. The summed E-state index contributed by atoms with van der Waals surface area (Å²) in [5, 5.41) is 7.50. The highest BCUT2D eigenvalue weighted by molar-refractivity contribution is 5.85. The van der Waals surface area contributed by atoms with Gasteiger partial charge in [-0.05, 0) is 92.4 Å². The van der Waals surface area contributed by atoms with Gasteiger partial charge in [-0.3, -0.25) is 18.5 Å². The van der Waals surface area contributed by atoms with Gasteiger partial charge in [0, 0.05) is 51.0 Å². The number of imidazole rings is 3. The Balaban J connectivity index is 0.000000250. The summed E-state index contributed by atoms with van der Waals surface area (Å²) in [6.45, 7) is 28.1. The number of aromatic nitrogens is 6. The molecular weight excluding hydrogens is 1150 g/mol. The molecule has 7 aromatic rings. The largest absolute Gasteiger partial charge is 0.477 e. The minimum atomic E-state index is -3.58. The van der Waals surface area contributed by atoms with Gasteiger partial charge in [0.2, 0.25) is 0 Å². The van der Waals surface area contributed by atoms with E-state index in [1.165, 1.54) is 70.7 Å². The van der Waals surface area contributed by atoms with Crippen molar-refractivity contribution >= 4 is 17.9 Å². The number of halogens is 6. The van der Waals surface area contributed by atoms with E-state index in [9.17, 15) is 31.9 Å². The van der Waals surface area contributed by atoms with Gasteiger partial charge in [0.1, 0.15) is 19.0 Å². The summed E-state index contributed by atoms with van der Waals surface area (Å²) < 4.78 is 56.5. The zero-order valence-corrected chi connectivity index (χ0v) is 47.9. The van der Waals surface area contributed by atoms with Crippen LogP contribution in [0.3, 0.4) is 0 Å². The van der Waals surface area contributed by atoms with Crippen LogP contribution in [0.1, 0.15) is 124 Å². The molecule has 7 rings (SSSR count). The first-order valence-corrected chi connectivity index (χ1v) is 27.2. The monoisotopic (exact) mass is 1220 g/mol. The quantitative estimate of drug-likeness (QED) is 0.137. The summed E-state index contributed by atoms with van der Waals surface area (Å²) in [4.78, 5) is 42.4. The maximum atomic E-state index is 12.3. The molecule has 0 bridgehead atoms. The van der Waals surface area contributed by atoms with Crippen molar-refractivity contribution in [3.63, 3.8) is 0 Å². The summed E-state index contributed by atoms with van der Waals surface area (Å²) in [6, 6.07) is 36.6. The number of nitrogens with zero attached hydrogens (tertiary/aromatic N) is 6. The summed E-state index contributed by atoms with van der Waals surface area (Å²) >= 11 is -0.141. The number of hydrogen-bond donors (Lipinski definition) is 1. The van der Waals surface area contributed by atoms with E-state index in [4.69, 9.17) is 5.11 Å². The standard InChI is InChI=1S/2C20H26I.C7H6N4O.C6H6F2N2O.C3H4F2O2/c2*1-19(2,3)15-7-11-17(12-8-15)21-18-13-9-16(10-14-18)20(4,5)6;12-7(10-3-1-8-5-10)11-4-2-9-6-11;1-6(7,8)5(11)10-3-2-9-4-10;1-3(4,5)2(6)7/h2*7-14H,1-6H3;1-6H;2-4H,1H3;1H3,(H,6,7)/q2*+1;;;. The zero-order chi connectivity index (χ0) is 54.3. The molecule has 0 atom stereocenters. The first-order chi connectivity index (χ1) is 33.2. The number of carboxylic acids is 1. The Kier molecular flexibility index (Phi) is 21.9. The molecule has 16 heteroatoms. The highest BCUT2D eigenvalue weighted by Gasteiger charge is 2.33. The van der Waals surface area contributed by atoms with Gasteiger partial charge in [-0.25, -0.2) is 24.5 Å². The van der Waals surface area contributed by atoms with Crippen LogP contribution in [0.5, 0.6) is 0 Å². The first kappa shape index (κ1) is 60.8. The second kappa shape index (κ2) is 25.9. The van der Waals surface area contributed by atoms with Gasteiger partial charge in [-0.1, -0.05) is 132 Å². The number of carbonyl (C=O) groups is 3. The molecule has 1 N–H and O–H groups in total. The Bertz CT molecular complexity index is 2450. The molecule has 4 aromatic carbocycles. The third kappa shape index (κ3) is 20.9. The number of alkyl halides is 4. The van der Waals surface area contributed by atoms with Gasteiger partial charge in [-0.15, -0.1) is 0 Å². The number of aliphatic carboxylic acids is 1. The Morgan fingerprint density at radius 3 is 0.792 bits per heavy atom. The molecule has 0 aliphatic heterocycles. The van der Waals surface area contributed by atoms with E-state index in [-0.39, 0.29) is 70.1 Å². The van der Waals surface area contributed by atoms with Crippen LogP contribution in [0, 0.1) is 14.3 Å². The van der Waals surface area contributed by atoms with Crippen molar-refractivity contribution in [1.29, 1.82) is 0 Å². The predicted octanol–water partition coefficient (Wildman–Crippen LogP) is 7.32. The Hall–Kier alpha value is -5.50. The van der Waals surface area contributed by atoms with Gasteiger partial charge >= 0.3 is 72.2 Å². The molecule has 0 unspecified atom stereocenters. The van der Waals surface area contributed by atoms with Crippen LogP contribution in [0.15, 0.2) is 153 Å². The SMILES string of the molecule is CC(C)(C)c1ccc([I+]c2ccc(C(C)(C)C)cc2)cc1.CC(C)(C)c1ccc([I+]c2ccc(C(C)(C)C)cc2)cc1.CC(F)(F)C(=O)O.CC(F)(F)C(=O)n1ccnc1.O=C(n1ccnc1)n1ccnc1. The molecule has 3 aromatic heterocycles. The fourth-order valence-corrected chi connectivity index (χ4v) is 10.1. The molecule has 72 heavy (non-hydrogen) atoms. The lowest BCUT2D eigenvalue weighted by atomic mass is 9.87. The molecule has 0 fully saturated rings. The van der Waals surface area contributed by atoms with Crippen LogP contribution >= 0.6 is 0 Å². The highest BCUT2D eigenvalue weighted by atomic mass is 127. The summed E-state index contributed by atoms with van der Waals surface area (Å²) in [6.07, 6.45) is 12.7. The van der Waals surface area contributed by atoms with Gasteiger partial charge in [0.15, 0.2) is 14.3 Å². The zero-order valence-electron chi connectivity index (χ0n) is 43.6. The second-order valence-corrected chi connectivity index (χ2v) is 26.9. The number of carboxylic acid groups (broad SMARTS) is 1. The lowest BCUT2D eigenvalue weighted by molar-refractivity contribution is -0.597. The number of rotatable bonds is 6. The van der Waals surface area contributed by atoms with Gasteiger partial charge in [0.05, 0.1) is 0 Å². The van der Waals surface area contributed by atoms with E-state index in [1.54, 1.807) is 24.8 Å². The minimum Gasteiger partial charge on any atom is -0.477 e.